The van der Waals surface area contributed by atoms with Crippen LogP contribution in [-0.4, -0.2) is 54.6 Å². The molecule has 0 aliphatic carbocycles. The minimum atomic E-state index is -2.44. The zero-order valence-electron chi connectivity index (χ0n) is 14.6. The third-order valence-electron chi connectivity index (χ3n) is 4.02. The minimum Gasteiger partial charge on any atom is -0.338 e. The second-order valence-electron chi connectivity index (χ2n) is 6.12. The lowest BCUT2D eigenvalue weighted by Crippen LogP contribution is -2.35. The second kappa shape index (κ2) is 9.65. The van der Waals surface area contributed by atoms with Gasteiger partial charge in [-0.3, -0.25) is 9.80 Å². The molecule has 1 saturated heterocycles. The van der Waals surface area contributed by atoms with Gasteiger partial charge in [0.05, 0.1) is 22.0 Å². The lowest BCUT2D eigenvalue weighted by Gasteiger charge is -2.26. The summed E-state index contributed by atoms with van der Waals surface area (Å²) in [6.07, 6.45) is 3.92. The molecule has 138 valence electrons. The first-order valence-corrected chi connectivity index (χ1v) is 9.40. The van der Waals surface area contributed by atoms with Crippen molar-refractivity contribution in [3.8, 4) is 0 Å². The number of carbonyl (C=O) groups excluding carboxylic acids is 1. The number of amides is 1. The summed E-state index contributed by atoms with van der Waals surface area (Å²) >= 11 is 1.38. The molecule has 0 aromatic carbocycles. The summed E-state index contributed by atoms with van der Waals surface area (Å²) in [4.78, 5) is 16.0. The van der Waals surface area contributed by atoms with E-state index in [0.29, 0.717) is 23.4 Å². The number of carbonyl (C=O) groups is 1. The monoisotopic (exact) mass is 369 g/mol. The van der Waals surface area contributed by atoms with Crippen LogP contribution >= 0.6 is 11.3 Å². The van der Waals surface area contributed by atoms with Gasteiger partial charge in [0.2, 0.25) is 0 Å². The van der Waals surface area contributed by atoms with Crippen LogP contribution < -0.4 is 0 Å². The van der Waals surface area contributed by atoms with Gasteiger partial charge < -0.3 is 4.90 Å². The number of hydrogen-bond acceptors (Lipinski definition) is 4. The van der Waals surface area contributed by atoms with Gasteiger partial charge in [0, 0.05) is 20.1 Å². The van der Waals surface area contributed by atoms with Crippen LogP contribution in [0.4, 0.5) is 8.78 Å². The van der Waals surface area contributed by atoms with Crippen LogP contribution in [0.2, 0.25) is 0 Å². The van der Waals surface area contributed by atoms with Crippen molar-refractivity contribution in [2.45, 2.75) is 38.5 Å². The maximum Gasteiger partial charge on any atom is 0.263 e. The zero-order valence-corrected chi connectivity index (χ0v) is 15.4. The molecule has 1 aromatic rings. The van der Waals surface area contributed by atoms with Gasteiger partial charge in [0.1, 0.15) is 0 Å². The number of hydrazone groups is 1. The van der Waals surface area contributed by atoms with Crippen LogP contribution in [-0.2, 0) is 0 Å². The summed E-state index contributed by atoms with van der Waals surface area (Å²) in [5, 5.41) is 5.58. The highest BCUT2D eigenvalue weighted by Crippen LogP contribution is 2.23. The molecule has 7 heteroatoms. The molecule has 1 amide bonds. The number of thiophene rings is 1. The largest absolute Gasteiger partial charge is 0.338 e. The summed E-state index contributed by atoms with van der Waals surface area (Å²) in [5.74, 6) is 0.0555. The topological polar surface area (TPSA) is 35.9 Å². The SMILES string of the molecule is C=CCC/C(=N\N(C)CC(F)F)c1ccc(C(=O)N2CCCCC2)s1. The average molecular weight is 369 g/mol. The minimum absolute atomic E-state index is 0.0555. The third kappa shape index (κ3) is 5.92. The van der Waals surface area contributed by atoms with Crippen molar-refractivity contribution < 1.29 is 13.6 Å². The predicted octanol–water partition coefficient (Wildman–Crippen LogP) is 4.24. The molecule has 4 nitrogen and oxygen atoms in total. The molecule has 1 aromatic heterocycles. The Morgan fingerprint density at radius 3 is 2.68 bits per heavy atom. The summed E-state index contributed by atoms with van der Waals surface area (Å²) in [6.45, 7) is 4.90. The van der Waals surface area contributed by atoms with Crippen LogP contribution in [0.1, 0.15) is 46.7 Å². The van der Waals surface area contributed by atoms with Crippen molar-refractivity contribution in [3.05, 3.63) is 34.5 Å². The van der Waals surface area contributed by atoms with Crippen LogP contribution in [0.25, 0.3) is 0 Å². The molecule has 1 aliphatic rings. The second-order valence-corrected chi connectivity index (χ2v) is 7.21. The van der Waals surface area contributed by atoms with Gasteiger partial charge in [-0.05, 0) is 44.2 Å². The van der Waals surface area contributed by atoms with E-state index in [9.17, 15) is 13.6 Å². The Bertz CT molecular complexity index is 609. The first kappa shape index (κ1) is 19.6. The molecule has 0 N–H and O–H groups in total. The number of likely N-dealkylation sites (tertiary alicyclic amines) is 1. The van der Waals surface area contributed by atoms with Crippen LogP contribution in [0, 0.1) is 0 Å². The average Bonchev–Trinajstić information content (AvgIpc) is 3.08. The van der Waals surface area contributed by atoms with E-state index in [4.69, 9.17) is 0 Å². The fraction of sp³-hybridized carbons (Fsp3) is 0.556. The number of piperidine rings is 1. The van der Waals surface area contributed by atoms with E-state index in [1.807, 2.05) is 17.0 Å². The molecule has 0 bridgehead atoms. The Morgan fingerprint density at radius 1 is 1.36 bits per heavy atom. The van der Waals surface area contributed by atoms with Gasteiger partial charge in [0.25, 0.3) is 12.3 Å². The quantitative estimate of drug-likeness (QED) is 0.390. The molecular formula is C18H25F2N3OS. The maximum atomic E-state index is 12.6. The van der Waals surface area contributed by atoms with Gasteiger partial charge in [0.15, 0.2) is 0 Å². The molecule has 0 unspecified atom stereocenters. The number of alkyl halides is 2. The van der Waals surface area contributed by atoms with Gasteiger partial charge in [-0.25, -0.2) is 8.78 Å². The molecule has 2 heterocycles. The van der Waals surface area contributed by atoms with E-state index >= 15 is 0 Å². The van der Waals surface area contributed by atoms with Crippen molar-refractivity contribution in [1.29, 1.82) is 0 Å². The van der Waals surface area contributed by atoms with Crippen molar-refractivity contribution in [3.63, 3.8) is 0 Å². The zero-order chi connectivity index (χ0) is 18.2. The predicted molar refractivity (Wildman–Crippen MR) is 98.7 cm³/mol. The fourth-order valence-corrected chi connectivity index (χ4v) is 3.75. The molecular weight excluding hydrogens is 344 g/mol. The van der Waals surface area contributed by atoms with Gasteiger partial charge in [-0.1, -0.05) is 6.08 Å². The van der Waals surface area contributed by atoms with Crippen LogP contribution in [0.3, 0.4) is 0 Å². The Labute approximate surface area is 151 Å². The van der Waals surface area contributed by atoms with E-state index < -0.39 is 13.0 Å². The Hall–Kier alpha value is -1.76. The van der Waals surface area contributed by atoms with Gasteiger partial charge in [-0.2, -0.15) is 5.10 Å². The van der Waals surface area contributed by atoms with Crippen molar-refractivity contribution in [2.24, 2.45) is 5.10 Å². The molecule has 2 rings (SSSR count). The summed E-state index contributed by atoms with van der Waals surface area (Å²) in [6, 6.07) is 3.67. The lowest BCUT2D eigenvalue weighted by atomic mass is 10.1. The fourth-order valence-electron chi connectivity index (χ4n) is 2.77. The van der Waals surface area contributed by atoms with E-state index in [2.05, 4.69) is 11.7 Å². The standard InChI is InChI=1S/C18H25F2N3OS/c1-3-4-8-14(21-22(2)13-17(19)20)15-9-10-16(25-15)18(24)23-11-6-5-7-12-23/h3,9-10,17H,1,4-8,11-13H2,2H3/b21-14+. The number of hydrogen-bond donors (Lipinski definition) is 0. The number of nitrogens with zero attached hydrogens (tertiary/aromatic N) is 3. The van der Waals surface area contributed by atoms with Crippen LogP contribution in [0.15, 0.2) is 29.9 Å². The molecule has 1 aliphatic heterocycles. The Morgan fingerprint density at radius 2 is 2.04 bits per heavy atom. The molecule has 0 spiro atoms. The summed E-state index contributed by atoms with van der Waals surface area (Å²) in [7, 11) is 1.54. The molecule has 0 saturated carbocycles. The van der Waals surface area contributed by atoms with Crippen LogP contribution in [0.5, 0.6) is 0 Å². The molecule has 1 fully saturated rings. The van der Waals surface area contributed by atoms with E-state index in [-0.39, 0.29) is 5.91 Å². The molecule has 25 heavy (non-hydrogen) atoms. The third-order valence-corrected chi connectivity index (χ3v) is 5.15. The number of rotatable bonds is 8. The van der Waals surface area contributed by atoms with E-state index in [0.717, 1.165) is 30.8 Å². The Kier molecular flexibility index (Phi) is 7.55. The first-order valence-electron chi connectivity index (χ1n) is 8.58. The van der Waals surface area contributed by atoms with Crippen molar-refractivity contribution >= 4 is 23.0 Å². The smallest absolute Gasteiger partial charge is 0.263 e. The highest BCUT2D eigenvalue weighted by atomic mass is 32.1. The van der Waals surface area contributed by atoms with Crippen molar-refractivity contribution in [2.75, 3.05) is 26.7 Å². The number of allylic oxidation sites excluding steroid dienone is 1. The van der Waals surface area contributed by atoms with Crippen molar-refractivity contribution in [1.82, 2.24) is 9.91 Å². The molecule has 0 atom stereocenters. The van der Waals surface area contributed by atoms with E-state index in [1.165, 1.54) is 29.8 Å². The lowest BCUT2D eigenvalue weighted by molar-refractivity contribution is 0.0729. The first-order chi connectivity index (χ1) is 12.0. The van der Waals surface area contributed by atoms with Gasteiger partial charge >= 0.3 is 0 Å². The number of halogens is 2. The summed E-state index contributed by atoms with van der Waals surface area (Å²) in [5.41, 5.74) is 0.714. The normalized spacial score (nSPS) is 15.5. The molecule has 0 radical (unpaired) electrons. The highest BCUT2D eigenvalue weighted by molar-refractivity contribution is 7.16. The summed E-state index contributed by atoms with van der Waals surface area (Å²) < 4.78 is 25.1. The maximum absolute atomic E-state index is 12.6. The van der Waals surface area contributed by atoms with E-state index in [1.54, 1.807) is 6.08 Å². The Balaban J connectivity index is 2.14. The highest BCUT2D eigenvalue weighted by Gasteiger charge is 2.20. The van der Waals surface area contributed by atoms with Gasteiger partial charge in [-0.15, -0.1) is 17.9 Å².